The molecule has 12 heteroatoms. The minimum Gasteiger partial charge on any atom is -0.477 e. The molecule has 0 aliphatic carbocycles. The predicted octanol–water partition coefficient (Wildman–Crippen LogP) is 2.66. The zero-order chi connectivity index (χ0) is 28.1. The van der Waals surface area contributed by atoms with E-state index in [4.69, 9.17) is 10.7 Å². The van der Waals surface area contributed by atoms with Crippen LogP contribution in [0.5, 0.6) is 0 Å². The quantitative estimate of drug-likeness (QED) is 0.330. The topological polar surface area (TPSA) is 150 Å². The number of carbonyl (C=O) groups is 2. The lowest BCUT2D eigenvalue weighted by atomic mass is 10.1. The Morgan fingerprint density at radius 3 is 2.55 bits per heavy atom. The van der Waals surface area contributed by atoms with Crippen LogP contribution >= 0.6 is 0 Å². The molecule has 1 amide bonds. The van der Waals surface area contributed by atoms with Crippen LogP contribution in [-0.2, 0) is 7.05 Å². The SMILES string of the molecule is CCN1c2ncccc2NC(=O)c2ccc(N3CCN(c4cc5c(cc4N)c(=O)c(C(=O)O)cn5C)CC3)nc21. The fourth-order valence-electron chi connectivity index (χ4n) is 5.43. The molecule has 0 bridgehead atoms. The van der Waals surface area contributed by atoms with Crippen molar-refractivity contribution in [1.82, 2.24) is 14.5 Å². The van der Waals surface area contributed by atoms with Crippen molar-refractivity contribution in [3.05, 3.63) is 70.1 Å². The van der Waals surface area contributed by atoms with Gasteiger partial charge in [0.1, 0.15) is 17.2 Å². The summed E-state index contributed by atoms with van der Waals surface area (Å²) in [4.78, 5) is 52.8. The molecule has 4 aromatic rings. The molecule has 2 aliphatic rings. The highest BCUT2D eigenvalue weighted by Crippen LogP contribution is 2.36. The van der Waals surface area contributed by atoms with Crippen LogP contribution in [0.15, 0.2) is 53.6 Å². The number of hydrogen-bond donors (Lipinski definition) is 3. The smallest absolute Gasteiger partial charge is 0.341 e. The molecule has 1 fully saturated rings. The predicted molar refractivity (Wildman–Crippen MR) is 154 cm³/mol. The van der Waals surface area contributed by atoms with Gasteiger partial charge in [0.25, 0.3) is 5.91 Å². The van der Waals surface area contributed by atoms with Crippen molar-refractivity contribution in [1.29, 1.82) is 0 Å². The van der Waals surface area contributed by atoms with E-state index in [2.05, 4.69) is 20.1 Å². The zero-order valence-corrected chi connectivity index (χ0v) is 22.1. The molecule has 0 atom stereocenters. The number of carboxylic acids is 1. The lowest BCUT2D eigenvalue weighted by molar-refractivity contribution is 0.0694. The molecule has 0 unspecified atom stereocenters. The number of carboxylic acid groups (broad SMARTS) is 1. The van der Waals surface area contributed by atoms with Crippen LogP contribution in [0.4, 0.5) is 34.5 Å². The Morgan fingerprint density at radius 1 is 1.07 bits per heavy atom. The van der Waals surface area contributed by atoms with Gasteiger partial charge in [0.15, 0.2) is 5.82 Å². The van der Waals surface area contributed by atoms with Crippen LogP contribution in [0.2, 0.25) is 0 Å². The van der Waals surface area contributed by atoms with Crippen molar-refractivity contribution in [2.75, 3.05) is 58.5 Å². The average molecular weight is 541 g/mol. The second-order valence-corrected chi connectivity index (χ2v) is 9.80. The van der Waals surface area contributed by atoms with E-state index in [0.717, 1.165) is 11.5 Å². The number of nitrogens with zero attached hydrogens (tertiary/aromatic N) is 6. The molecule has 12 nitrogen and oxygen atoms in total. The number of aromatic nitrogens is 3. The number of nitrogens with one attached hydrogen (secondary N) is 1. The van der Waals surface area contributed by atoms with Crippen LogP contribution in [0.25, 0.3) is 10.9 Å². The first-order valence-corrected chi connectivity index (χ1v) is 13.0. The third-order valence-corrected chi connectivity index (χ3v) is 7.48. The van der Waals surface area contributed by atoms with Gasteiger partial charge in [-0.05, 0) is 43.3 Å². The van der Waals surface area contributed by atoms with Crippen LogP contribution in [0.1, 0.15) is 27.6 Å². The van der Waals surface area contributed by atoms with E-state index in [-0.39, 0.29) is 16.9 Å². The Bertz CT molecular complexity index is 1740. The summed E-state index contributed by atoms with van der Waals surface area (Å²) in [6.45, 7) is 5.21. The third-order valence-electron chi connectivity index (χ3n) is 7.48. The number of hydrogen-bond acceptors (Lipinski definition) is 9. The van der Waals surface area contributed by atoms with E-state index in [1.807, 2.05) is 30.0 Å². The molecule has 0 radical (unpaired) electrons. The molecule has 2 aliphatic heterocycles. The number of carbonyl (C=O) groups excluding carboxylic acids is 1. The molecule has 5 heterocycles. The summed E-state index contributed by atoms with van der Waals surface area (Å²) in [7, 11) is 1.71. The van der Waals surface area contributed by atoms with Gasteiger partial charge >= 0.3 is 5.97 Å². The van der Waals surface area contributed by atoms with Crippen LogP contribution in [-0.4, -0.2) is 64.2 Å². The molecule has 0 spiro atoms. The molecule has 204 valence electrons. The molecular formula is C28H28N8O4. The maximum absolute atomic E-state index is 13.0. The number of nitrogens with two attached hydrogens (primary N) is 1. The Labute approximate surface area is 229 Å². The molecule has 6 rings (SSSR count). The molecule has 40 heavy (non-hydrogen) atoms. The number of rotatable bonds is 4. The number of fused-ring (bicyclic) bond motifs is 3. The number of pyridine rings is 3. The molecule has 3 aromatic heterocycles. The first kappa shape index (κ1) is 25.2. The van der Waals surface area contributed by atoms with Gasteiger partial charge in [-0.15, -0.1) is 0 Å². The first-order chi connectivity index (χ1) is 19.3. The lowest BCUT2D eigenvalue weighted by Gasteiger charge is -2.37. The van der Waals surface area contributed by atoms with Crippen LogP contribution < -0.4 is 31.2 Å². The van der Waals surface area contributed by atoms with Gasteiger partial charge in [0, 0.05) is 57.6 Å². The summed E-state index contributed by atoms with van der Waals surface area (Å²) >= 11 is 0. The number of piperazine rings is 1. The average Bonchev–Trinajstić information content (AvgIpc) is 3.07. The maximum Gasteiger partial charge on any atom is 0.341 e. The van der Waals surface area contributed by atoms with Crippen molar-refractivity contribution < 1.29 is 14.7 Å². The monoisotopic (exact) mass is 540 g/mol. The summed E-state index contributed by atoms with van der Waals surface area (Å²) < 4.78 is 1.64. The van der Waals surface area contributed by atoms with Crippen molar-refractivity contribution >= 4 is 57.3 Å². The highest BCUT2D eigenvalue weighted by Gasteiger charge is 2.28. The minimum atomic E-state index is -1.27. The second kappa shape index (κ2) is 9.56. The molecule has 1 saturated heterocycles. The largest absolute Gasteiger partial charge is 0.477 e. The number of nitrogen functional groups attached to an aromatic ring is 1. The van der Waals surface area contributed by atoms with Gasteiger partial charge in [0.2, 0.25) is 5.43 Å². The Balaban J connectivity index is 1.27. The molecule has 0 saturated carbocycles. The van der Waals surface area contributed by atoms with Gasteiger partial charge in [-0.1, -0.05) is 0 Å². The van der Waals surface area contributed by atoms with E-state index in [1.165, 1.54) is 6.20 Å². The zero-order valence-electron chi connectivity index (χ0n) is 22.1. The Hall–Kier alpha value is -5.13. The number of amides is 1. The van der Waals surface area contributed by atoms with Gasteiger partial charge in [-0.25, -0.2) is 14.8 Å². The van der Waals surface area contributed by atoms with Crippen LogP contribution in [0, 0.1) is 0 Å². The number of anilines is 6. The van der Waals surface area contributed by atoms with E-state index in [1.54, 1.807) is 36.0 Å². The lowest BCUT2D eigenvalue weighted by Crippen LogP contribution is -2.47. The minimum absolute atomic E-state index is 0.222. The molecular weight excluding hydrogens is 512 g/mol. The van der Waals surface area contributed by atoms with Crippen molar-refractivity contribution in [2.45, 2.75) is 6.92 Å². The number of benzene rings is 1. The molecule has 1 aromatic carbocycles. The third kappa shape index (κ3) is 4.04. The highest BCUT2D eigenvalue weighted by atomic mass is 16.4. The summed E-state index contributed by atoms with van der Waals surface area (Å²) in [5, 5.41) is 12.6. The van der Waals surface area contributed by atoms with Crippen LogP contribution in [0.3, 0.4) is 0 Å². The normalized spacial score (nSPS) is 14.9. The van der Waals surface area contributed by atoms with Gasteiger partial charge in [0.05, 0.1) is 28.1 Å². The fraction of sp³-hybridized carbons (Fsp3) is 0.250. The highest BCUT2D eigenvalue weighted by molar-refractivity contribution is 6.11. The second-order valence-electron chi connectivity index (χ2n) is 9.80. The number of aromatic carboxylic acids is 1. The van der Waals surface area contributed by atoms with Crippen molar-refractivity contribution in [2.24, 2.45) is 7.05 Å². The summed E-state index contributed by atoms with van der Waals surface area (Å²) in [6, 6.07) is 10.7. The van der Waals surface area contributed by atoms with Gasteiger partial charge in [-0.3, -0.25) is 9.59 Å². The molecule has 4 N–H and O–H groups in total. The summed E-state index contributed by atoms with van der Waals surface area (Å²) in [6.07, 6.45) is 3.03. The fourth-order valence-corrected chi connectivity index (χ4v) is 5.43. The summed E-state index contributed by atoms with van der Waals surface area (Å²) in [5.74, 6) is 0.497. The van der Waals surface area contributed by atoms with E-state index in [0.29, 0.717) is 66.8 Å². The standard InChI is InChI=1S/C28H28N8O4/c1-3-36-25-16(27(38)31-20-5-4-8-30-26(20)36)6-7-23(32-25)35-11-9-34(10-12-35)22-14-21-17(13-19(22)29)24(37)18(28(39)40)15-33(21)2/h4-8,13-15H,3,9-12,29H2,1-2H3,(H,31,38)(H,39,40). The first-order valence-electron chi connectivity index (χ1n) is 13.0. The van der Waals surface area contributed by atoms with Crippen molar-refractivity contribution in [3.63, 3.8) is 0 Å². The Kier molecular flexibility index (Phi) is 6.01. The number of aryl methyl sites for hydroxylation is 1. The maximum atomic E-state index is 13.0. The summed E-state index contributed by atoms with van der Waals surface area (Å²) in [5.41, 5.74) is 8.48. The van der Waals surface area contributed by atoms with Gasteiger partial charge < -0.3 is 35.4 Å². The van der Waals surface area contributed by atoms with Crippen molar-refractivity contribution in [3.8, 4) is 0 Å². The van der Waals surface area contributed by atoms with E-state index < -0.39 is 11.4 Å². The Morgan fingerprint density at radius 2 is 1.82 bits per heavy atom. The van der Waals surface area contributed by atoms with E-state index >= 15 is 0 Å². The van der Waals surface area contributed by atoms with Gasteiger partial charge in [-0.2, -0.15) is 0 Å². The van der Waals surface area contributed by atoms with E-state index in [9.17, 15) is 19.5 Å².